The van der Waals surface area contributed by atoms with Gasteiger partial charge in [-0.3, -0.25) is 4.79 Å². The van der Waals surface area contributed by atoms with E-state index in [1.54, 1.807) is 11.8 Å². The van der Waals surface area contributed by atoms with Gasteiger partial charge in [-0.05, 0) is 24.2 Å². The Hall–Kier alpha value is -0.670. The van der Waals surface area contributed by atoms with Crippen molar-refractivity contribution in [2.75, 3.05) is 11.6 Å². The predicted molar refractivity (Wildman–Crippen MR) is 73.5 cm³/mol. The smallest absolute Gasteiger partial charge is 0.233 e. The highest BCUT2D eigenvalue weighted by Gasteiger charge is 2.25. The van der Waals surface area contributed by atoms with Gasteiger partial charge >= 0.3 is 0 Å². The molecule has 1 N–H and O–H groups in total. The summed E-state index contributed by atoms with van der Waals surface area (Å²) in [6, 6.07) is 9.80. The third kappa shape index (κ3) is 3.39. The van der Waals surface area contributed by atoms with Gasteiger partial charge in [-0.1, -0.05) is 30.3 Å². The highest BCUT2D eigenvalue weighted by Crippen LogP contribution is 2.27. The molecule has 0 aliphatic carbocycles. The van der Waals surface area contributed by atoms with Crippen molar-refractivity contribution in [3.8, 4) is 0 Å². The average molecular weight is 270 g/mol. The molecular formula is C13H16ClNOS. The molecule has 0 spiro atoms. The minimum atomic E-state index is -0.0773. The molecule has 4 heteroatoms. The van der Waals surface area contributed by atoms with Gasteiger partial charge in [-0.2, -0.15) is 0 Å². The van der Waals surface area contributed by atoms with Gasteiger partial charge in [0.05, 0.1) is 11.3 Å². The molecule has 2 unspecified atom stereocenters. The average Bonchev–Trinajstić information content (AvgIpc) is 2.90. The Morgan fingerprint density at radius 3 is 2.82 bits per heavy atom. The van der Waals surface area contributed by atoms with Crippen LogP contribution in [0.15, 0.2) is 30.3 Å². The van der Waals surface area contributed by atoms with Crippen molar-refractivity contribution in [1.82, 2.24) is 5.32 Å². The Kier molecular flexibility index (Phi) is 4.75. The lowest BCUT2D eigenvalue weighted by Crippen LogP contribution is -2.35. The first-order valence-electron chi connectivity index (χ1n) is 5.84. The van der Waals surface area contributed by atoms with E-state index in [0.29, 0.717) is 5.88 Å². The van der Waals surface area contributed by atoms with Crippen LogP contribution >= 0.6 is 23.4 Å². The van der Waals surface area contributed by atoms with Crippen LogP contribution in [0.25, 0.3) is 0 Å². The van der Waals surface area contributed by atoms with Crippen molar-refractivity contribution >= 4 is 29.3 Å². The van der Waals surface area contributed by atoms with Crippen LogP contribution in [0.5, 0.6) is 0 Å². The normalized spacial score (nSPS) is 21.1. The van der Waals surface area contributed by atoms with Crippen LogP contribution in [0.4, 0.5) is 0 Å². The van der Waals surface area contributed by atoms with Crippen molar-refractivity contribution in [1.29, 1.82) is 0 Å². The molecule has 0 saturated carbocycles. The van der Waals surface area contributed by atoms with Crippen LogP contribution in [0.1, 0.15) is 24.4 Å². The second-order valence-electron chi connectivity index (χ2n) is 4.13. The number of halogens is 1. The van der Waals surface area contributed by atoms with Crippen molar-refractivity contribution in [3.05, 3.63) is 35.9 Å². The van der Waals surface area contributed by atoms with Crippen molar-refractivity contribution in [2.45, 2.75) is 24.1 Å². The zero-order chi connectivity index (χ0) is 12.1. The summed E-state index contributed by atoms with van der Waals surface area (Å²) in [4.78, 5) is 12.0. The van der Waals surface area contributed by atoms with Gasteiger partial charge in [0.2, 0.25) is 5.91 Å². The van der Waals surface area contributed by atoms with Crippen LogP contribution in [0.3, 0.4) is 0 Å². The molecule has 1 amide bonds. The summed E-state index contributed by atoms with van der Waals surface area (Å²) in [7, 11) is 0. The van der Waals surface area contributed by atoms with Gasteiger partial charge in [0, 0.05) is 5.88 Å². The Balaban J connectivity index is 1.97. The summed E-state index contributed by atoms with van der Waals surface area (Å²) in [6.45, 7) is 0. The molecule has 1 aliphatic rings. The van der Waals surface area contributed by atoms with E-state index in [-0.39, 0.29) is 17.2 Å². The minimum Gasteiger partial charge on any atom is -0.347 e. The number of thioether (sulfide) groups is 1. The summed E-state index contributed by atoms with van der Waals surface area (Å²) in [5.41, 5.74) is 1.07. The van der Waals surface area contributed by atoms with Gasteiger partial charge < -0.3 is 5.32 Å². The molecule has 1 fully saturated rings. The van der Waals surface area contributed by atoms with Crippen LogP contribution in [-0.4, -0.2) is 22.8 Å². The van der Waals surface area contributed by atoms with Crippen LogP contribution in [0.2, 0.25) is 0 Å². The van der Waals surface area contributed by atoms with E-state index >= 15 is 0 Å². The molecule has 0 radical (unpaired) electrons. The fourth-order valence-electron chi connectivity index (χ4n) is 1.95. The van der Waals surface area contributed by atoms with E-state index < -0.39 is 0 Å². The predicted octanol–water partition coefficient (Wildman–Crippen LogP) is 2.98. The van der Waals surface area contributed by atoms with Gasteiger partial charge in [0.15, 0.2) is 0 Å². The van der Waals surface area contributed by atoms with Crippen molar-refractivity contribution in [3.63, 3.8) is 0 Å². The third-order valence-electron chi connectivity index (χ3n) is 2.89. The molecule has 0 aromatic heterocycles. The van der Waals surface area contributed by atoms with E-state index in [4.69, 9.17) is 11.6 Å². The first-order valence-corrected chi connectivity index (χ1v) is 7.42. The SMILES string of the molecule is O=C(NC(CCl)c1ccccc1)C1CCCS1. The number of amides is 1. The molecule has 92 valence electrons. The quantitative estimate of drug-likeness (QED) is 0.852. The molecule has 1 aromatic rings. The maximum absolute atomic E-state index is 12.0. The summed E-state index contributed by atoms with van der Waals surface area (Å²) in [5.74, 6) is 1.63. The molecule has 2 rings (SSSR count). The number of hydrogen-bond donors (Lipinski definition) is 1. The fraction of sp³-hybridized carbons (Fsp3) is 0.462. The Morgan fingerprint density at radius 1 is 1.47 bits per heavy atom. The zero-order valence-electron chi connectivity index (χ0n) is 9.56. The molecule has 1 heterocycles. The largest absolute Gasteiger partial charge is 0.347 e. The maximum Gasteiger partial charge on any atom is 0.233 e. The van der Waals surface area contributed by atoms with E-state index in [2.05, 4.69) is 5.32 Å². The lowest BCUT2D eigenvalue weighted by Gasteiger charge is -2.18. The molecule has 0 bridgehead atoms. The highest BCUT2D eigenvalue weighted by molar-refractivity contribution is 8.00. The maximum atomic E-state index is 12.0. The van der Waals surface area contributed by atoms with Gasteiger partial charge in [-0.25, -0.2) is 0 Å². The van der Waals surface area contributed by atoms with Crippen LogP contribution in [-0.2, 0) is 4.79 Å². The van der Waals surface area contributed by atoms with Gasteiger partial charge in [0.25, 0.3) is 0 Å². The summed E-state index contributed by atoms with van der Waals surface area (Å²) in [6.07, 6.45) is 2.12. The van der Waals surface area contributed by atoms with Crippen molar-refractivity contribution in [2.24, 2.45) is 0 Å². The first-order chi connectivity index (χ1) is 8.31. The fourth-order valence-corrected chi connectivity index (χ4v) is 3.37. The molecule has 17 heavy (non-hydrogen) atoms. The minimum absolute atomic E-state index is 0.0773. The second-order valence-corrected chi connectivity index (χ2v) is 5.75. The highest BCUT2D eigenvalue weighted by atomic mass is 35.5. The molecule has 2 nitrogen and oxygen atoms in total. The first kappa shape index (κ1) is 12.8. The monoisotopic (exact) mass is 269 g/mol. The van der Waals surface area contributed by atoms with E-state index in [9.17, 15) is 4.79 Å². The number of carbonyl (C=O) groups excluding carboxylic acids is 1. The molecular weight excluding hydrogens is 254 g/mol. The number of benzene rings is 1. The number of nitrogens with one attached hydrogen (secondary N) is 1. The topological polar surface area (TPSA) is 29.1 Å². The van der Waals surface area contributed by atoms with Gasteiger partial charge in [0.1, 0.15) is 0 Å². The molecule has 1 aliphatic heterocycles. The third-order valence-corrected chi connectivity index (χ3v) is 4.58. The standard InChI is InChI=1S/C13H16ClNOS/c14-9-11(10-5-2-1-3-6-10)15-13(16)12-7-4-8-17-12/h1-3,5-6,11-12H,4,7-9H2,(H,15,16). The van der Waals surface area contributed by atoms with Crippen molar-refractivity contribution < 1.29 is 4.79 Å². The summed E-state index contributed by atoms with van der Waals surface area (Å²) in [5, 5.41) is 3.15. The molecule has 1 aromatic carbocycles. The molecule has 1 saturated heterocycles. The number of hydrogen-bond acceptors (Lipinski definition) is 2. The van der Waals surface area contributed by atoms with E-state index in [1.165, 1.54) is 0 Å². The lowest BCUT2D eigenvalue weighted by molar-refractivity contribution is -0.121. The van der Waals surface area contributed by atoms with Crippen LogP contribution < -0.4 is 5.32 Å². The van der Waals surface area contributed by atoms with E-state index in [1.807, 2.05) is 30.3 Å². The second kappa shape index (κ2) is 6.31. The number of alkyl halides is 1. The number of rotatable bonds is 4. The summed E-state index contributed by atoms with van der Waals surface area (Å²) < 4.78 is 0. The molecule has 2 atom stereocenters. The van der Waals surface area contributed by atoms with Crippen LogP contribution in [0, 0.1) is 0 Å². The Bertz CT molecular complexity index is 365. The van der Waals surface area contributed by atoms with E-state index in [0.717, 1.165) is 24.2 Å². The zero-order valence-corrected chi connectivity index (χ0v) is 11.1. The van der Waals surface area contributed by atoms with Gasteiger partial charge in [-0.15, -0.1) is 23.4 Å². The Labute approximate surface area is 111 Å². The lowest BCUT2D eigenvalue weighted by atomic mass is 10.1. The summed E-state index contributed by atoms with van der Waals surface area (Å²) >= 11 is 7.67. The number of carbonyl (C=O) groups is 1. The Morgan fingerprint density at radius 2 is 2.24 bits per heavy atom.